The summed E-state index contributed by atoms with van der Waals surface area (Å²) in [5.41, 5.74) is 10.1. The Kier molecular flexibility index (Phi) is 9.11. The molecule has 0 aromatic carbocycles. The van der Waals surface area contributed by atoms with Crippen molar-refractivity contribution in [3.8, 4) is 0 Å². The molecular weight excluding hydrogens is 584 g/mol. The van der Waals surface area contributed by atoms with Crippen LogP contribution in [0.5, 0.6) is 0 Å². The van der Waals surface area contributed by atoms with Crippen LogP contribution in [0, 0.1) is 6.92 Å². The zero-order chi connectivity index (χ0) is 33.4. The lowest BCUT2D eigenvalue weighted by atomic mass is 9.85. The van der Waals surface area contributed by atoms with Crippen LogP contribution in [0.1, 0.15) is 85.6 Å². The van der Waals surface area contributed by atoms with E-state index >= 15 is 0 Å². The Balaban J connectivity index is 1.92. The Morgan fingerprint density at radius 3 is 1.65 bits per heavy atom. The third-order valence-electron chi connectivity index (χ3n) is 9.24. The molecule has 3 aromatic heterocycles. The number of H-pyrrole nitrogens is 2. The van der Waals surface area contributed by atoms with E-state index in [9.17, 15) is 14.4 Å². The summed E-state index contributed by atoms with van der Waals surface area (Å²) >= 11 is 0. The first-order chi connectivity index (χ1) is 21.7. The Bertz CT molecular complexity index is 1860. The molecule has 3 aromatic rings. The number of fused-ring (bicyclic) bond motifs is 8. The molecule has 8 bridgehead atoms. The molecule has 46 heavy (non-hydrogen) atoms. The van der Waals surface area contributed by atoms with Crippen molar-refractivity contribution in [2.75, 3.05) is 21.3 Å². The Morgan fingerprint density at radius 2 is 1.11 bits per heavy atom. The minimum atomic E-state index is -0.390. The fourth-order valence-corrected chi connectivity index (χ4v) is 6.51. The summed E-state index contributed by atoms with van der Waals surface area (Å²) in [6, 6.07) is 8.23. The lowest BCUT2D eigenvalue weighted by Gasteiger charge is -2.16. The number of nitrogens with zero attached hydrogens (tertiary/aromatic N) is 2. The van der Waals surface area contributed by atoms with Crippen molar-refractivity contribution >= 4 is 40.0 Å². The monoisotopic (exact) mass is 628 g/mol. The van der Waals surface area contributed by atoms with Crippen molar-refractivity contribution < 1.29 is 28.6 Å². The number of carbonyl (C=O) groups excluding carboxylic acids is 3. The van der Waals surface area contributed by atoms with Crippen LogP contribution >= 0.6 is 0 Å². The number of ether oxygens (including phenoxy) is 3. The van der Waals surface area contributed by atoms with Crippen molar-refractivity contribution in [1.82, 2.24) is 19.9 Å². The number of nitrogens with one attached hydrogen (secondary N) is 2. The molecule has 0 saturated carbocycles. The maximum absolute atomic E-state index is 12.7. The molecule has 2 aliphatic heterocycles. The molecule has 0 spiro atoms. The Labute approximate surface area is 269 Å². The van der Waals surface area contributed by atoms with Crippen LogP contribution in [-0.4, -0.2) is 59.2 Å². The normalized spacial score (nSPS) is 15.0. The fourth-order valence-electron chi connectivity index (χ4n) is 6.51. The molecule has 10 heteroatoms. The fraction of sp³-hybridized carbons (Fsp3) is 0.472. The SMILES string of the molecule is COC(=O)CCc1c(C)c2cc3nc(cc4nc(cc5[nH]c(cc1[nH]2)c(CCC(=O)OC)c5CC(=O)OC)C(C)(C)C4)CC3(C)C. The second kappa shape index (κ2) is 12.7. The molecule has 0 radical (unpaired) electrons. The first-order valence-electron chi connectivity index (χ1n) is 15.7. The first-order valence-corrected chi connectivity index (χ1v) is 15.7. The zero-order valence-electron chi connectivity index (χ0n) is 28.1. The van der Waals surface area contributed by atoms with E-state index < -0.39 is 5.97 Å². The van der Waals surface area contributed by atoms with E-state index in [0.29, 0.717) is 12.8 Å². The summed E-state index contributed by atoms with van der Waals surface area (Å²) in [7, 11) is 4.12. The lowest BCUT2D eigenvalue weighted by molar-refractivity contribution is -0.141. The van der Waals surface area contributed by atoms with E-state index in [2.05, 4.69) is 49.8 Å². The molecule has 0 aliphatic carbocycles. The van der Waals surface area contributed by atoms with Gasteiger partial charge in [0.1, 0.15) is 0 Å². The van der Waals surface area contributed by atoms with Gasteiger partial charge in [-0.2, -0.15) is 0 Å². The van der Waals surface area contributed by atoms with Crippen LogP contribution in [-0.2, 0) is 71.5 Å². The molecule has 244 valence electrons. The predicted octanol–water partition coefficient (Wildman–Crippen LogP) is 5.59. The number of aromatic amines is 2. The molecule has 2 aliphatic rings. The van der Waals surface area contributed by atoms with E-state index in [0.717, 1.165) is 79.9 Å². The van der Waals surface area contributed by atoms with Crippen LogP contribution in [0.4, 0.5) is 0 Å². The minimum absolute atomic E-state index is 0.0156. The van der Waals surface area contributed by atoms with Gasteiger partial charge in [0.25, 0.3) is 0 Å². The highest BCUT2D eigenvalue weighted by atomic mass is 16.5. The first kappa shape index (κ1) is 32.9. The predicted molar refractivity (Wildman–Crippen MR) is 176 cm³/mol. The summed E-state index contributed by atoms with van der Waals surface area (Å²) in [5, 5.41) is 0. The lowest BCUT2D eigenvalue weighted by Crippen LogP contribution is -2.15. The summed E-state index contributed by atoms with van der Waals surface area (Å²) < 4.78 is 15.0. The van der Waals surface area contributed by atoms with E-state index in [1.807, 2.05) is 19.1 Å². The van der Waals surface area contributed by atoms with Crippen LogP contribution in [0.2, 0.25) is 0 Å². The van der Waals surface area contributed by atoms with E-state index in [-0.39, 0.29) is 42.0 Å². The van der Waals surface area contributed by atoms with E-state index in [1.54, 1.807) is 0 Å². The number of rotatable bonds is 8. The second-order valence-corrected chi connectivity index (χ2v) is 13.5. The topological polar surface area (TPSA) is 136 Å². The third-order valence-corrected chi connectivity index (χ3v) is 9.24. The van der Waals surface area contributed by atoms with Gasteiger partial charge in [-0.15, -0.1) is 0 Å². The summed E-state index contributed by atoms with van der Waals surface area (Å²) in [4.78, 5) is 54.6. The van der Waals surface area contributed by atoms with Crippen molar-refractivity contribution in [2.24, 2.45) is 0 Å². The molecule has 0 amide bonds. The highest BCUT2D eigenvalue weighted by molar-refractivity contribution is 5.84. The molecule has 2 N–H and O–H groups in total. The molecule has 0 unspecified atom stereocenters. The number of carbonyl (C=O) groups is 3. The van der Waals surface area contributed by atoms with Crippen LogP contribution in [0.15, 0.2) is 24.3 Å². The van der Waals surface area contributed by atoms with E-state index in [1.165, 1.54) is 21.3 Å². The van der Waals surface area contributed by atoms with Gasteiger partial charge >= 0.3 is 17.9 Å². The van der Waals surface area contributed by atoms with Crippen molar-refractivity contribution in [1.29, 1.82) is 0 Å². The number of aromatic nitrogens is 4. The van der Waals surface area contributed by atoms with E-state index in [4.69, 9.17) is 24.2 Å². The number of hydrogen-bond donors (Lipinski definition) is 2. The maximum Gasteiger partial charge on any atom is 0.310 e. The molecule has 10 nitrogen and oxygen atoms in total. The molecule has 0 fully saturated rings. The van der Waals surface area contributed by atoms with Crippen LogP contribution < -0.4 is 0 Å². The number of methoxy groups -OCH3 is 3. The largest absolute Gasteiger partial charge is 0.469 e. The van der Waals surface area contributed by atoms with Crippen molar-refractivity contribution in [3.05, 3.63) is 69.3 Å². The van der Waals surface area contributed by atoms with Gasteiger partial charge in [0.15, 0.2) is 0 Å². The highest BCUT2D eigenvalue weighted by Gasteiger charge is 2.32. The minimum Gasteiger partial charge on any atom is -0.469 e. The van der Waals surface area contributed by atoms with Gasteiger partial charge in [-0.1, -0.05) is 27.7 Å². The van der Waals surface area contributed by atoms with Crippen molar-refractivity contribution in [3.63, 3.8) is 0 Å². The van der Waals surface area contributed by atoms with Gasteiger partial charge in [-0.25, -0.2) is 0 Å². The average molecular weight is 629 g/mol. The Morgan fingerprint density at radius 1 is 0.652 bits per heavy atom. The number of aryl methyl sites for hydroxylation is 3. The van der Waals surface area contributed by atoms with Gasteiger partial charge in [-0.3, -0.25) is 24.4 Å². The smallest absolute Gasteiger partial charge is 0.310 e. The molecule has 5 heterocycles. The number of hydrogen-bond acceptors (Lipinski definition) is 8. The third kappa shape index (κ3) is 6.71. The van der Waals surface area contributed by atoms with Gasteiger partial charge in [0, 0.05) is 81.4 Å². The van der Waals surface area contributed by atoms with Gasteiger partial charge in [-0.05, 0) is 66.3 Å². The van der Waals surface area contributed by atoms with Crippen LogP contribution in [0.25, 0.3) is 22.1 Å². The number of esters is 3. The zero-order valence-corrected chi connectivity index (χ0v) is 28.1. The standard InChI is InChI=1S/C36H44N4O6/c1-20-23(9-11-32(41)44-6)27-15-28-24(10-12-33(42)45-7)25(14-34(43)46-8)29(40-28)17-31-36(4,5)19-22(38-31)13-21-18-35(2,3)30(37-21)16-26(20)39-27/h13,15-17,39-40H,9-12,14,18-19H2,1-8H3. The second-order valence-electron chi connectivity index (χ2n) is 13.5. The Hall–Kier alpha value is -4.47. The molecule has 0 saturated heterocycles. The van der Waals surface area contributed by atoms with Crippen molar-refractivity contribution in [2.45, 2.75) is 90.4 Å². The van der Waals surface area contributed by atoms with Gasteiger partial charge in [0.2, 0.25) is 0 Å². The highest BCUT2D eigenvalue weighted by Crippen LogP contribution is 2.36. The van der Waals surface area contributed by atoms with Crippen LogP contribution in [0.3, 0.4) is 0 Å². The maximum atomic E-state index is 12.7. The molecular formula is C36H44N4O6. The quantitative estimate of drug-likeness (QED) is 0.243. The molecule has 0 atom stereocenters. The van der Waals surface area contributed by atoms with Gasteiger partial charge in [0.05, 0.1) is 27.8 Å². The van der Waals surface area contributed by atoms with Gasteiger partial charge < -0.3 is 24.2 Å². The molecule has 5 rings (SSSR count). The summed E-state index contributed by atoms with van der Waals surface area (Å²) in [5.74, 6) is -1.03. The average Bonchev–Trinajstić information content (AvgIpc) is 3.66. The summed E-state index contributed by atoms with van der Waals surface area (Å²) in [6.07, 6.45) is 2.71. The summed E-state index contributed by atoms with van der Waals surface area (Å²) in [6.45, 7) is 10.8.